The molecule has 1 fully saturated rings. The fourth-order valence-corrected chi connectivity index (χ4v) is 3.04. The van der Waals surface area contributed by atoms with Gasteiger partial charge in [-0.25, -0.2) is 0 Å². The Morgan fingerprint density at radius 1 is 1.33 bits per heavy atom. The van der Waals surface area contributed by atoms with Gasteiger partial charge in [-0.05, 0) is 29.9 Å². The third-order valence-corrected chi connectivity index (χ3v) is 4.35. The number of piperidine rings is 1. The fraction of sp³-hybridized carbons (Fsp3) is 0.588. The molecule has 2 rings (SSSR count). The molecule has 4 nitrogen and oxygen atoms in total. The number of nitrogens with zero attached hydrogens (tertiary/aromatic N) is 1. The van der Waals surface area contributed by atoms with E-state index in [1.165, 1.54) is 11.1 Å². The van der Waals surface area contributed by atoms with Gasteiger partial charge in [-0.15, -0.1) is 0 Å². The molecule has 1 heterocycles. The number of carbonyl (C=O) groups is 1. The van der Waals surface area contributed by atoms with E-state index in [9.17, 15) is 9.90 Å². The van der Waals surface area contributed by atoms with Crippen LogP contribution in [0.1, 0.15) is 30.4 Å². The number of carboxylic acids is 1. The van der Waals surface area contributed by atoms with E-state index in [4.69, 9.17) is 4.74 Å². The van der Waals surface area contributed by atoms with Gasteiger partial charge in [0.15, 0.2) is 0 Å². The zero-order chi connectivity index (χ0) is 15.2. The quantitative estimate of drug-likeness (QED) is 0.874. The van der Waals surface area contributed by atoms with Gasteiger partial charge in [-0.3, -0.25) is 9.69 Å². The summed E-state index contributed by atoms with van der Waals surface area (Å²) in [5.74, 6) is -0.679. The van der Waals surface area contributed by atoms with Crippen molar-refractivity contribution in [3.8, 4) is 0 Å². The molecule has 0 amide bonds. The van der Waals surface area contributed by atoms with Crippen LogP contribution in [0.5, 0.6) is 0 Å². The van der Waals surface area contributed by atoms with Crippen molar-refractivity contribution in [1.29, 1.82) is 0 Å². The van der Waals surface area contributed by atoms with E-state index in [1.54, 1.807) is 7.11 Å². The van der Waals surface area contributed by atoms with E-state index >= 15 is 0 Å². The summed E-state index contributed by atoms with van der Waals surface area (Å²) < 4.78 is 5.12. The third-order valence-electron chi connectivity index (χ3n) is 4.35. The molecule has 0 aliphatic carbocycles. The lowest BCUT2D eigenvalue weighted by Crippen LogP contribution is -2.43. The zero-order valence-corrected chi connectivity index (χ0v) is 12.9. The fourth-order valence-electron chi connectivity index (χ4n) is 3.04. The molecule has 0 aromatic heterocycles. The Morgan fingerprint density at radius 3 is 2.62 bits per heavy atom. The van der Waals surface area contributed by atoms with E-state index in [1.807, 2.05) is 0 Å². The second-order valence-electron chi connectivity index (χ2n) is 5.82. The predicted octanol–water partition coefficient (Wildman–Crippen LogP) is 2.39. The molecule has 1 aromatic rings. The van der Waals surface area contributed by atoms with Crippen molar-refractivity contribution in [2.75, 3.05) is 33.4 Å². The first-order valence-electron chi connectivity index (χ1n) is 7.67. The highest BCUT2D eigenvalue weighted by molar-refractivity contribution is 5.70. The Hall–Kier alpha value is -1.39. The number of rotatable bonds is 6. The van der Waals surface area contributed by atoms with Crippen molar-refractivity contribution in [2.45, 2.75) is 25.7 Å². The maximum absolute atomic E-state index is 11.4. The van der Waals surface area contributed by atoms with Crippen LogP contribution in [0, 0.1) is 5.92 Å². The molecular weight excluding hydrogens is 266 g/mol. The molecule has 1 aromatic carbocycles. The number of carboxylic acid groups (broad SMARTS) is 1. The van der Waals surface area contributed by atoms with Gasteiger partial charge in [-0.2, -0.15) is 0 Å². The number of aliphatic carboxylic acids is 1. The third kappa shape index (κ3) is 4.29. The van der Waals surface area contributed by atoms with E-state index in [2.05, 4.69) is 36.1 Å². The number of aryl methyl sites for hydroxylation is 1. The molecule has 0 spiro atoms. The topological polar surface area (TPSA) is 49.8 Å². The summed E-state index contributed by atoms with van der Waals surface area (Å²) in [5, 5.41) is 9.37. The van der Waals surface area contributed by atoms with Crippen LogP contribution in [0.2, 0.25) is 0 Å². The summed E-state index contributed by atoms with van der Waals surface area (Å²) >= 11 is 0. The molecule has 1 aliphatic rings. The molecular formula is C17H25NO3. The van der Waals surface area contributed by atoms with Crippen LogP contribution in [-0.2, 0) is 16.0 Å². The van der Waals surface area contributed by atoms with E-state index in [0.29, 0.717) is 19.1 Å². The number of likely N-dealkylation sites (tertiary alicyclic amines) is 1. The summed E-state index contributed by atoms with van der Waals surface area (Å²) in [7, 11) is 1.68. The molecule has 116 valence electrons. The summed E-state index contributed by atoms with van der Waals surface area (Å²) in [4.78, 5) is 13.6. The summed E-state index contributed by atoms with van der Waals surface area (Å²) in [5.41, 5.74) is 2.57. The smallest absolute Gasteiger partial charge is 0.307 e. The van der Waals surface area contributed by atoms with Gasteiger partial charge in [0.25, 0.3) is 0 Å². The Balaban J connectivity index is 2.10. The normalized spacial score (nSPS) is 23.1. The van der Waals surface area contributed by atoms with Crippen LogP contribution in [0.3, 0.4) is 0 Å². The number of hydrogen-bond acceptors (Lipinski definition) is 3. The van der Waals surface area contributed by atoms with Crippen LogP contribution < -0.4 is 0 Å². The van der Waals surface area contributed by atoms with Crippen LogP contribution in [0.15, 0.2) is 24.3 Å². The maximum Gasteiger partial charge on any atom is 0.307 e. The molecule has 0 saturated carbocycles. The minimum absolute atomic E-state index is 0.286. The molecule has 1 aliphatic heterocycles. The van der Waals surface area contributed by atoms with Crippen LogP contribution >= 0.6 is 0 Å². The Bertz CT molecular complexity index is 458. The summed E-state index contributed by atoms with van der Waals surface area (Å²) in [6.45, 7) is 5.13. The lowest BCUT2D eigenvalue weighted by atomic mass is 9.84. The van der Waals surface area contributed by atoms with Crippen LogP contribution in [0.25, 0.3) is 0 Å². The van der Waals surface area contributed by atoms with E-state index in [0.717, 1.165) is 25.9 Å². The van der Waals surface area contributed by atoms with Crippen molar-refractivity contribution in [3.05, 3.63) is 35.4 Å². The first kappa shape index (κ1) is 16.0. The molecule has 1 N–H and O–H groups in total. The maximum atomic E-state index is 11.4. The Labute approximate surface area is 126 Å². The van der Waals surface area contributed by atoms with Gasteiger partial charge in [0.1, 0.15) is 0 Å². The molecule has 21 heavy (non-hydrogen) atoms. The number of methoxy groups -OCH3 is 1. The molecule has 2 atom stereocenters. The van der Waals surface area contributed by atoms with Crippen molar-refractivity contribution in [2.24, 2.45) is 5.92 Å². The van der Waals surface area contributed by atoms with Gasteiger partial charge in [0.05, 0.1) is 12.5 Å². The number of benzene rings is 1. The molecule has 1 saturated heterocycles. The van der Waals surface area contributed by atoms with Crippen molar-refractivity contribution < 1.29 is 14.6 Å². The summed E-state index contributed by atoms with van der Waals surface area (Å²) in [6, 6.07) is 8.61. The van der Waals surface area contributed by atoms with Gasteiger partial charge in [0.2, 0.25) is 0 Å². The zero-order valence-electron chi connectivity index (χ0n) is 12.9. The van der Waals surface area contributed by atoms with Crippen molar-refractivity contribution in [3.63, 3.8) is 0 Å². The summed E-state index contributed by atoms with van der Waals surface area (Å²) in [6.07, 6.45) is 1.76. The van der Waals surface area contributed by atoms with Crippen LogP contribution in [0.4, 0.5) is 0 Å². The molecule has 0 bridgehead atoms. The highest BCUT2D eigenvalue weighted by atomic mass is 16.5. The van der Waals surface area contributed by atoms with Gasteiger partial charge >= 0.3 is 5.97 Å². The monoisotopic (exact) mass is 291 g/mol. The highest BCUT2D eigenvalue weighted by Gasteiger charge is 2.31. The molecule has 0 radical (unpaired) electrons. The average molecular weight is 291 g/mol. The van der Waals surface area contributed by atoms with Crippen molar-refractivity contribution >= 4 is 5.97 Å². The minimum atomic E-state index is -0.688. The second-order valence-corrected chi connectivity index (χ2v) is 5.82. The average Bonchev–Trinajstić information content (AvgIpc) is 2.52. The molecule has 4 heteroatoms. The first-order chi connectivity index (χ1) is 10.1. The van der Waals surface area contributed by atoms with Gasteiger partial charge < -0.3 is 9.84 Å². The lowest BCUT2D eigenvalue weighted by Gasteiger charge is -2.36. The number of hydrogen-bond donors (Lipinski definition) is 1. The van der Waals surface area contributed by atoms with E-state index < -0.39 is 5.97 Å². The lowest BCUT2D eigenvalue weighted by molar-refractivity contribution is -0.144. The highest BCUT2D eigenvalue weighted by Crippen LogP contribution is 2.30. The molecule has 2 unspecified atom stereocenters. The van der Waals surface area contributed by atoms with Crippen molar-refractivity contribution in [1.82, 2.24) is 4.90 Å². The first-order valence-corrected chi connectivity index (χ1v) is 7.67. The Kier molecular flexibility index (Phi) is 5.76. The van der Waals surface area contributed by atoms with E-state index in [-0.39, 0.29) is 5.92 Å². The number of ether oxygens (including phenoxy) is 1. The SMILES string of the molecule is CCc1ccc(C2CC(C(=O)O)CN(CCOC)C2)cc1. The van der Waals surface area contributed by atoms with Gasteiger partial charge in [-0.1, -0.05) is 31.2 Å². The van der Waals surface area contributed by atoms with Gasteiger partial charge in [0, 0.05) is 26.7 Å². The second kappa shape index (κ2) is 7.57. The Morgan fingerprint density at radius 2 is 2.05 bits per heavy atom. The largest absolute Gasteiger partial charge is 0.481 e. The standard InChI is InChI=1S/C17H25NO3/c1-3-13-4-6-14(7-5-13)15-10-16(17(19)20)12-18(11-15)8-9-21-2/h4-7,15-16H,3,8-12H2,1-2H3,(H,19,20). The minimum Gasteiger partial charge on any atom is -0.481 e. The van der Waals surface area contributed by atoms with Crippen LogP contribution in [-0.4, -0.2) is 49.3 Å². The predicted molar refractivity (Wildman–Crippen MR) is 82.6 cm³/mol.